The number of carbonyl (C=O) groups is 6. The van der Waals surface area contributed by atoms with Crippen molar-refractivity contribution in [2.75, 3.05) is 26.7 Å². The van der Waals surface area contributed by atoms with Crippen LogP contribution in [0.1, 0.15) is 85.0 Å². The maximum atomic E-state index is 13.7. The Kier molecular flexibility index (Phi) is 13.9. The van der Waals surface area contributed by atoms with E-state index in [2.05, 4.69) is 5.32 Å². The fraction of sp³-hybridized carbons (Fsp3) is 0.667. The zero-order valence-electron chi connectivity index (χ0n) is 30.8. The van der Waals surface area contributed by atoms with Gasteiger partial charge >= 0.3 is 12.1 Å². The van der Waals surface area contributed by atoms with Gasteiger partial charge in [-0.15, -0.1) is 0 Å². The first kappa shape index (κ1) is 40.4. The summed E-state index contributed by atoms with van der Waals surface area (Å²) >= 11 is 0. The number of esters is 1. The van der Waals surface area contributed by atoms with Crippen molar-refractivity contribution in [3.8, 4) is 0 Å². The van der Waals surface area contributed by atoms with Gasteiger partial charge < -0.3 is 35.1 Å². The molecule has 50 heavy (non-hydrogen) atoms. The smallest absolute Gasteiger partial charge is 0.410 e. The van der Waals surface area contributed by atoms with Gasteiger partial charge in [0.25, 0.3) is 0 Å². The Hall–Kier alpha value is -4.04. The number of hydrogen-bond acceptors (Lipinski definition) is 10. The average Bonchev–Trinajstić information content (AvgIpc) is 3.72. The molecule has 14 heteroatoms. The van der Waals surface area contributed by atoms with E-state index in [1.54, 1.807) is 83.7 Å². The summed E-state index contributed by atoms with van der Waals surface area (Å²) in [6.07, 6.45) is -0.147. The Morgan fingerprint density at radius 3 is 2.28 bits per heavy atom. The van der Waals surface area contributed by atoms with E-state index in [1.165, 1.54) is 16.8 Å². The van der Waals surface area contributed by atoms with E-state index >= 15 is 0 Å². The van der Waals surface area contributed by atoms with Crippen LogP contribution in [0.15, 0.2) is 30.3 Å². The Morgan fingerprint density at radius 2 is 1.66 bits per heavy atom. The van der Waals surface area contributed by atoms with Crippen LogP contribution in [0, 0.1) is 5.92 Å². The van der Waals surface area contributed by atoms with Crippen LogP contribution >= 0.6 is 0 Å². The van der Waals surface area contributed by atoms with Crippen LogP contribution < -0.4 is 11.1 Å². The predicted octanol–water partition coefficient (Wildman–Crippen LogP) is 2.52. The summed E-state index contributed by atoms with van der Waals surface area (Å²) in [5.41, 5.74) is 5.83. The van der Waals surface area contributed by atoms with Crippen molar-refractivity contribution in [3.05, 3.63) is 35.9 Å². The van der Waals surface area contributed by atoms with Gasteiger partial charge in [0.2, 0.25) is 17.7 Å². The van der Waals surface area contributed by atoms with Gasteiger partial charge in [0, 0.05) is 25.7 Å². The van der Waals surface area contributed by atoms with Gasteiger partial charge in [-0.25, -0.2) is 4.79 Å². The highest BCUT2D eigenvalue weighted by molar-refractivity contribution is 5.98. The van der Waals surface area contributed by atoms with Crippen molar-refractivity contribution >= 4 is 35.6 Å². The Balaban J connectivity index is 1.55. The van der Waals surface area contributed by atoms with Crippen LogP contribution in [-0.2, 0) is 33.4 Å². The topological polar surface area (TPSA) is 178 Å². The highest BCUT2D eigenvalue weighted by atomic mass is 16.6. The molecule has 2 heterocycles. The first-order valence-electron chi connectivity index (χ1n) is 17.3. The minimum Gasteiger partial charge on any atom is -0.456 e. The molecule has 278 valence electrons. The fourth-order valence-electron chi connectivity index (χ4n) is 6.24. The molecule has 14 nitrogen and oxygen atoms in total. The number of benzene rings is 1. The molecule has 0 aromatic heterocycles. The molecule has 1 unspecified atom stereocenters. The molecule has 0 bridgehead atoms. The lowest BCUT2D eigenvalue weighted by atomic mass is 10.0. The Bertz CT molecular complexity index is 1380. The summed E-state index contributed by atoms with van der Waals surface area (Å²) in [6, 6.07) is 4.38. The second-order valence-corrected chi connectivity index (χ2v) is 14.6. The lowest BCUT2D eigenvalue weighted by Gasteiger charge is -2.34. The molecular weight excluding hydrogens is 646 g/mol. The minimum absolute atomic E-state index is 0.151. The van der Waals surface area contributed by atoms with Crippen LogP contribution in [0.5, 0.6) is 0 Å². The lowest BCUT2D eigenvalue weighted by Crippen LogP contribution is -2.57. The average molecular weight is 702 g/mol. The number of nitrogens with zero attached hydrogens (tertiary/aromatic N) is 3. The number of likely N-dealkylation sites (tertiary alicyclic amines) is 2. The zero-order chi connectivity index (χ0) is 37.5. The normalized spacial score (nSPS) is 22.2. The molecular formula is C36H55N5O9. The first-order valence-corrected chi connectivity index (χ1v) is 17.3. The molecule has 4 amide bonds. The number of rotatable bonds is 13. The number of nitrogens with one attached hydrogen (secondary N) is 1. The summed E-state index contributed by atoms with van der Waals surface area (Å²) in [6.45, 7) is 14.2. The fourth-order valence-corrected chi connectivity index (χ4v) is 6.24. The third-order valence-electron chi connectivity index (χ3n) is 9.23. The molecule has 2 saturated heterocycles. The quantitative estimate of drug-likeness (QED) is 0.230. The van der Waals surface area contributed by atoms with E-state index in [9.17, 15) is 28.8 Å². The van der Waals surface area contributed by atoms with Gasteiger partial charge in [0.05, 0.1) is 18.2 Å². The molecule has 3 N–H and O–H groups in total. The number of Topliss-reactive ketones (excluding diaryl/α,β-unsaturated/α-hetero) is 1. The third-order valence-corrected chi connectivity index (χ3v) is 9.23. The molecule has 0 aliphatic carbocycles. The number of likely N-dealkylation sites (N-methyl/N-ethyl adjacent to an activating group) is 1. The van der Waals surface area contributed by atoms with Crippen LogP contribution in [0.2, 0.25) is 0 Å². The minimum atomic E-state index is -1.16. The van der Waals surface area contributed by atoms with Crippen molar-refractivity contribution in [1.82, 2.24) is 20.0 Å². The van der Waals surface area contributed by atoms with Crippen molar-refractivity contribution in [3.63, 3.8) is 0 Å². The van der Waals surface area contributed by atoms with Crippen LogP contribution in [-0.4, -0.2) is 125 Å². The number of carbonyl (C=O) groups excluding carboxylic acids is 6. The Morgan fingerprint density at radius 1 is 1.02 bits per heavy atom. The summed E-state index contributed by atoms with van der Waals surface area (Å²) in [4.78, 5) is 82.4. The van der Waals surface area contributed by atoms with Crippen molar-refractivity contribution < 1.29 is 43.0 Å². The summed E-state index contributed by atoms with van der Waals surface area (Å²) in [5.74, 6) is -2.19. The van der Waals surface area contributed by atoms with Crippen molar-refractivity contribution in [2.24, 2.45) is 11.7 Å². The maximum absolute atomic E-state index is 13.7. The number of hydrogen-bond donors (Lipinski definition) is 2. The third kappa shape index (κ3) is 10.5. The first-order chi connectivity index (χ1) is 23.3. The van der Waals surface area contributed by atoms with Gasteiger partial charge in [-0.2, -0.15) is 0 Å². The SMILES string of the molecule is CC(O[C@@H](C)[C@H](N)C(=O)OCC(=O)c1ccccc1)[C@@H]1C[C@H](C)CN1C(=O)[C@H](C)NC(=O)[C@H](C)N(C)C(=O)[C@@H]1CCCN1C(=O)OC(C)(C)C. The second kappa shape index (κ2) is 17.3. The summed E-state index contributed by atoms with van der Waals surface area (Å²) in [5, 5.41) is 2.75. The molecule has 0 saturated carbocycles. The van der Waals surface area contributed by atoms with Gasteiger partial charge in [-0.1, -0.05) is 37.3 Å². The van der Waals surface area contributed by atoms with E-state index in [0.29, 0.717) is 37.9 Å². The number of amides is 4. The zero-order valence-corrected chi connectivity index (χ0v) is 30.8. The molecule has 3 rings (SSSR count). The molecule has 2 aliphatic rings. The van der Waals surface area contributed by atoms with Gasteiger partial charge in [0.15, 0.2) is 12.4 Å². The van der Waals surface area contributed by atoms with Crippen molar-refractivity contribution in [2.45, 2.75) is 123 Å². The number of nitrogens with two attached hydrogens (primary N) is 1. The maximum Gasteiger partial charge on any atom is 0.410 e. The monoisotopic (exact) mass is 701 g/mol. The number of ether oxygens (including phenoxy) is 3. The lowest BCUT2D eigenvalue weighted by molar-refractivity contribution is -0.151. The van der Waals surface area contributed by atoms with Crippen molar-refractivity contribution in [1.29, 1.82) is 0 Å². The predicted molar refractivity (Wildman–Crippen MR) is 185 cm³/mol. The van der Waals surface area contributed by atoms with E-state index < -0.39 is 66.6 Å². The second-order valence-electron chi connectivity index (χ2n) is 14.6. The Labute approximate surface area is 295 Å². The van der Waals surface area contributed by atoms with E-state index in [0.717, 1.165) is 0 Å². The largest absolute Gasteiger partial charge is 0.456 e. The molecule has 8 atom stereocenters. The van der Waals surface area contributed by atoms with Gasteiger partial charge in [-0.05, 0) is 73.6 Å². The highest BCUT2D eigenvalue weighted by Crippen LogP contribution is 2.28. The number of ketones is 1. The van der Waals surface area contributed by atoms with E-state index in [-0.39, 0.29) is 29.6 Å². The standard InChI is InChI=1S/C36H55N5O9/c1-21-18-28(24(4)49-25(5)30(37)34(46)48-20-29(42)26-14-11-10-12-15-26)41(19-21)32(44)22(2)38-31(43)23(3)39(9)33(45)27-16-13-17-40(27)35(47)50-36(6,7)8/h10-12,14-15,21-25,27-28,30H,13,16-20,37H2,1-9H3,(H,38,43)/t21-,22-,23-,24?,25-,27-,28-,30-/m0/s1. The van der Waals surface area contributed by atoms with Crippen LogP contribution in [0.4, 0.5) is 4.79 Å². The molecule has 0 radical (unpaired) electrons. The molecule has 0 spiro atoms. The summed E-state index contributed by atoms with van der Waals surface area (Å²) in [7, 11) is 1.50. The molecule has 2 fully saturated rings. The summed E-state index contributed by atoms with van der Waals surface area (Å²) < 4.78 is 16.8. The van der Waals surface area contributed by atoms with E-state index in [4.69, 9.17) is 19.9 Å². The molecule has 1 aromatic carbocycles. The van der Waals surface area contributed by atoms with Crippen LogP contribution in [0.3, 0.4) is 0 Å². The van der Waals surface area contributed by atoms with E-state index in [1.807, 2.05) is 6.92 Å². The highest BCUT2D eigenvalue weighted by Gasteiger charge is 2.42. The van der Waals surface area contributed by atoms with Crippen LogP contribution in [0.25, 0.3) is 0 Å². The van der Waals surface area contributed by atoms with Gasteiger partial charge in [-0.3, -0.25) is 28.9 Å². The molecule has 1 aromatic rings. The van der Waals surface area contributed by atoms with Gasteiger partial charge in [0.1, 0.15) is 29.8 Å². The molecule has 2 aliphatic heterocycles.